The molecule has 0 fully saturated rings. The van der Waals surface area contributed by atoms with Gasteiger partial charge >= 0.3 is 0 Å². The first kappa shape index (κ1) is 13.3. The van der Waals surface area contributed by atoms with E-state index in [4.69, 9.17) is 20.9 Å². The molecule has 0 saturated heterocycles. The van der Waals surface area contributed by atoms with Crippen molar-refractivity contribution in [2.24, 2.45) is 0 Å². The SMILES string of the molecule is CCCOc1nc(N)nc(OCN(C)C)c1N. The molecule has 1 aromatic rings. The van der Waals surface area contributed by atoms with Crippen LogP contribution in [0.15, 0.2) is 0 Å². The summed E-state index contributed by atoms with van der Waals surface area (Å²) < 4.78 is 10.8. The van der Waals surface area contributed by atoms with Gasteiger partial charge in [0.1, 0.15) is 6.73 Å². The smallest absolute Gasteiger partial charge is 0.247 e. The minimum absolute atomic E-state index is 0.0825. The lowest BCUT2D eigenvalue weighted by Crippen LogP contribution is -2.20. The van der Waals surface area contributed by atoms with Gasteiger partial charge in [0, 0.05) is 0 Å². The molecule has 0 amide bonds. The zero-order valence-electron chi connectivity index (χ0n) is 10.4. The van der Waals surface area contributed by atoms with Crippen molar-refractivity contribution in [2.75, 3.05) is 38.9 Å². The molecule has 0 aliphatic carbocycles. The maximum atomic E-state index is 5.83. The second-order valence-corrected chi connectivity index (χ2v) is 3.81. The van der Waals surface area contributed by atoms with Crippen LogP contribution in [0.4, 0.5) is 11.6 Å². The molecule has 0 aliphatic rings. The molecule has 0 unspecified atom stereocenters. The van der Waals surface area contributed by atoms with Crippen LogP contribution < -0.4 is 20.9 Å². The Morgan fingerprint density at radius 3 is 2.24 bits per heavy atom. The monoisotopic (exact) mass is 241 g/mol. The summed E-state index contributed by atoms with van der Waals surface area (Å²) in [5.41, 5.74) is 11.7. The summed E-state index contributed by atoms with van der Waals surface area (Å²) in [6.45, 7) is 2.87. The molecule has 1 rings (SSSR count). The third-order valence-corrected chi connectivity index (χ3v) is 1.80. The maximum Gasteiger partial charge on any atom is 0.247 e. The first-order chi connectivity index (χ1) is 8.04. The molecule has 1 aromatic heterocycles. The second-order valence-electron chi connectivity index (χ2n) is 3.81. The summed E-state index contributed by atoms with van der Waals surface area (Å²) in [5.74, 6) is 0.601. The van der Waals surface area contributed by atoms with Crippen LogP contribution in [0, 0.1) is 0 Å². The number of rotatable bonds is 6. The third kappa shape index (κ3) is 3.95. The van der Waals surface area contributed by atoms with Gasteiger partial charge in [0.2, 0.25) is 17.7 Å². The summed E-state index contributed by atoms with van der Waals surface area (Å²) in [6, 6.07) is 0. The zero-order valence-corrected chi connectivity index (χ0v) is 10.4. The quantitative estimate of drug-likeness (QED) is 0.692. The fraction of sp³-hybridized carbons (Fsp3) is 0.600. The van der Waals surface area contributed by atoms with Crippen LogP contribution in [-0.2, 0) is 0 Å². The zero-order chi connectivity index (χ0) is 12.8. The second kappa shape index (κ2) is 6.09. The predicted octanol–water partition coefficient (Wildman–Crippen LogP) is 0.328. The van der Waals surface area contributed by atoms with Gasteiger partial charge in [-0.05, 0) is 20.5 Å². The van der Waals surface area contributed by atoms with Gasteiger partial charge in [-0.1, -0.05) is 6.92 Å². The fourth-order valence-corrected chi connectivity index (χ4v) is 1.05. The van der Waals surface area contributed by atoms with Crippen molar-refractivity contribution in [1.82, 2.24) is 14.9 Å². The summed E-state index contributed by atoms with van der Waals surface area (Å²) in [4.78, 5) is 9.69. The van der Waals surface area contributed by atoms with E-state index in [9.17, 15) is 0 Å². The van der Waals surface area contributed by atoms with Crippen molar-refractivity contribution in [3.63, 3.8) is 0 Å². The molecule has 0 atom stereocenters. The van der Waals surface area contributed by atoms with Gasteiger partial charge in [-0.2, -0.15) is 9.97 Å². The Bertz CT molecular complexity index is 370. The van der Waals surface area contributed by atoms with Gasteiger partial charge in [-0.3, -0.25) is 4.90 Å². The minimum atomic E-state index is 0.0825. The average molecular weight is 241 g/mol. The largest absolute Gasteiger partial charge is 0.476 e. The van der Waals surface area contributed by atoms with Crippen molar-refractivity contribution >= 4 is 11.6 Å². The molecule has 0 aliphatic heterocycles. The van der Waals surface area contributed by atoms with Gasteiger partial charge in [0.15, 0.2) is 5.69 Å². The van der Waals surface area contributed by atoms with E-state index in [0.29, 0.717) is 13.3 Å². The molecule has 0 aromatic carbocycles. The number of hydrogen-bond donors (Lipinski definition) is 2. The number of aromatic nitrogens is 2. The highest BCUT2D eigenvalue weighted by molar-refractivity contribution is 5.58. The van der Waals surface area contributed by atoms with Crippen molar-refractivity contribution in [3.8, 4) is 11.8 Å². The molecule has 96 valence electrons. The molecule has 7 heteroatoms. The Balaban J connectivity index is 2.85. The van der Waals surface area contributed by atoms with Crippen LogP contribution in [-0.4, -0.2) is 42.3 Å². The van der Waals surface area contributed by atoms with Crippen LogP contribution >= 0.6 is 0 Å². The van der Waals surface area contributed by atoms with E-state index in [2.05, 4.69) is 9.97 Å². The lowest BCUT2D eigenvalue weighted by Gasteiger charge is -2.14. The Morgan fingerprint density at radius 2 is 1.71 bits per heavy atom. The minimum Gasteiger partial charge on any atom is -0.476 e. The van der Waals surface area contributed by atoms with Crippen LogP contribution in [0.5, 0.6) is 11.8 Å². The summed E-state index contributed by atoms with van der Waals surface area (Å²) in [5, 5.41) is 0. The molecule has 0 saturated carbocycles. The molecule has 4 N–H and O–H groups in total. The van der Waals surface area contributed by atoms with Crippen molar-refractivity contribution in [2.45, 2.75) is 13.3 Å². The van der Waals surface area contributed by atoms with Gasteiger partial charge in [-0.15, -0.1) is 0 Å². The number of nitrogens with zero attached hydrogens (tertiary/aromatic N) is 3. The molecule has 1 heterocycles. The van der Waals surface area contributed by atoms with Gasteiger partial charge in [0.25, 0.3) is 0 Å². The molecular weight excluding hydrogens is 222 g/mol. The number of nitrogens with two attached hydrogens (primary N) is 2. The number of nitrogen functional groups attached to an aromatic ring is 2. The first-order valence-corrected chi connectivity index (χ1v) is 5.38. The molecular formula is C10H19N5O2. The Labute approximate surface area is 101 Å². The highest BCUT2D eigenvalue weighted by Gasteiger charge is 2.13. The van der Waals surface area contributed by atoms with E-state index in [1.807, 2.05) is 25.9 Å². The van der Waals surface area contributed by atoms with Crippen molar-refractivity contribution < 1.29 is 9.47 Å². The Hall–Kier alpha value is -1.76. The lowest BCUT2D eigenvalue weighted by molar-refractivity contribution is 0.173. The standard InChI is InChI=1S/C10H19N5O2/c1-4-5-16-8-7(11)9(14-10(12)13-8)17-6-15(2)3/h4-6,11H2,1-3H3,(H2,12,13,14). The van der Waals surface area contributed by atoms with Crippen LogP contribution in [0.2, 0.25) is 0 Å². The Kier molecular flexibility index (Phi) is 4.77. The highest BCUT2D eigenvalue weighted by atomic mass is 16.5. The van der Waals surface area contributed by atoms with E-state index in [-0.39, 0.29) is 23.4 Å². The number of ether oxygens (including phenoxy) is 2. The molecule has 7 nitrogen and oxygen atoms in total. The fourth-order valence-electron chi connectivity index (χ4n) is 1.05. The van der Waals surface area contributed by atoms with Crippen molar-refractivity contribution in [1.29, 1.82) is 0 Å². The van der Waals surface area contributed by atoms with Crippen LogP contribution in [0.25, 0.3) is 0 Å². The predicted molar refractivity (Wildman–Crippen MR) is 65.8 cm³/mol. The van der Waals surface area contributed by atoms with E-state index in [1.54, 1.807) is 0 Å². The van der Waals surface area contributed by atoms with Crippen molar-refractivity contribution in [3.05, 3.63) is 0 Å². The number of hydrogen-bond acceptors (Lipinski definition) is 7. The van der Waals surface area contributed by atoms with E-state index < -0.39 is 0 Å². The van der Waals surface area contributed by atoms with Gasteiger partial charge in [0.05, 0.1) is 6.61 Å². The summed E-state index contributed by atoms with van der Waals surface area (Å²) in [6.07, 6.45) is 0.858. The van der Waals surface area contributed by atoms with Gasteiger partial charge in [-0.25, -0.2) is 0 Å². The maximum absolute atomic E-state index is 5.83. The van der Waals surface area contributed by atoms with Crippen LogP contribution in [0.1, 0.15) is 13.3 Å². The Morgan fingerprint density at radius 1 is 1.12 bits per heavy atom. The van der Waals surface area contributed by atoms with E-state index in [0.717, 1.165) is 6.42 Å². The van der Waals surface area contributed by atoms with Gasteiger partial charge < -0.3 is 20.9 Å². The average Bonchev–Trinajstić information content (AvgIpc) is 2.27. The lowest BCUT2D eigenvalue weighted by atomic mass is 10.5. The summed E-state index contributed by atoms with van der Waals surface area (Å²) >= 11 is 0. The molecule has 0 spiro atoms. The number of anilines is 2. The third-order valence-electron chi connectivity index (χ3n) is 1.80. The van der Waals surface area contributed by atoms with Crippen LogP contribution in [0.3, 0.4) is 0 Å². The molecule has 0 radical (unpaired) electrons. The normalized spacial score (nSPS) is 10.6. The topological polar surface area (TPSA) is 99.5 Å². The molecule has 0 bridgehead atoms. The van der Waals surface area contributed by atoms with E-state index >= 15 is 0 Å². The molecule has 17 heavy (non-hydrogen) atoms. The summed E-state index contributed by atoms with van der Waals surface area (Å²) in [7, 11) is 3.74. The van der Waals surface area contributed by atoms with E-state index in [1.165, 1.54) is 0 Å². The first-order valence-electron chi connectivity index (χ1n) is 5.38. The highest BCUT2D eigenvalue weighted by Crippen LogP contribution is 2.28.